The van der Waals surface area contributed by atoms with Gasteiger partial charge in [0.15, 0.2) is 12.6 Å². The van der Waals surface area contributed by atoms with Crippen LogP contribution in [0.5, 0.6) is 0 Å². The van der Waals surface area contributed by atoms with Gasteiger partial charge in [0.05, 0.1) is 0 Å². The van der Waals surface area contributed by atoms with Crippen LogP contribution in [0.15, 0.2) is 0 Å². The Morgan fingerprint density at radius 1 is 0.639 bits per heavy atom. The first-order valence-corrected chi connectivity index (χ1v) is 16.8. The molecule has 0 spiro atoms. The molecule has 0 aromatic rings. The molecule has 3 heterocycles. The molecule has 0 aromatic carbocycles. The molecule has 2 unspecified atom stereocenters. The summed E-state index contributed by atoms with van der Waals surface area (Å²) < 4.78 is 26.3. The van der Waals surface area contributed by atoms with Gasteiger partial charge >= 0.3 is 0 Å². The zero-order valence-corrected chi connectivity index (χ0v) is 26.7. The van der Waals surface area contributed by atoms with Gasteiger partial charge in [-0.25, -0.2) is 0 Å². The van der Waals surface area contributed by atoms with Crippen molar-refractivity contribution in [2.75, 3.05) is 55.6 Å². The maximum atomic E-state index is 5.48. The van der Waals surface area contributed by atoms with Crippen molar-refractivity contribution in [3.05, 3.63) is 0 Å². The molecule has 3 aliphatic rings. The van der Waals surface area contributed by atoms with Crippen LogP contribution in [0, 0.1) is 24.2 Å². The van der Waals surface area contributed by atoms with E-state index in [0.717, 1.165) is 80.9 Å². The van der Waals surface area contributed by atoms with Crippen molar-refractivity contribution in [2.45, 2.75) is 96.1 Å². The van der Waals surface area contributed by atoms with E-state index in [4.69, 9.17) is 30.1 Å². The second kappa shape index (κ2) is 31.6. The quantitative estimate of drug-likeness (QED) is 0.133. The lowest BCUT2D eigenvalue weighted by Crippen LogP contribution is -2.22. The summed E-state index contributed by atoms with van der Waals surface area (Å²) in [5.74, 6) is 8.55. The summed E-state index contributed by atoms with van der Waals surface area (Å²) in [6.45, 7) is 4.53. The van der Waals surface area contributed by atoms with Crippen molar-refractivity contribution in [1.29, 1.82) is 0 Å². The van der Waals surface area contributed by atoms with Crippen molar-refractivity contribution < 1.29 is 23.7 Å². The molecule has 3 saturated heterocycles. The first-order chi connectivity index (χ1) is 17.8. The fourth-order valence-corrected chi connectivity index (χ4v) is 4.30. The summed E-state index contributed by atoms with van der Waals surface area (Å²) in [5, 5.41) is 3.35. The van der Waals surface area contributed by atoms with Gasteiger partial charge in [0, 0.05) is 48.8 Å². The van der Waals surface area contributed by atoms with E-state index in [9.17, 15) is 0 Å². The van der Waals surface area contributed by atoms with E-state index < -0.39 is 0 Å². The van der Waals surface area contributed by atoms with Gasteiger partial charge in [-0.1, -0.05) is 59.6 Å². The van der Waals surface area contributed by atoms with Crippen LogP contribution < -0.4 is 0 Å². The minimum atomic E-state index is -0.0372. The van der Waals surface area contributed by atoms with Crippen LogP contribution in [-0.4, -0.2) is 68.2 Å². The molecule has 0 aliphatic carbocycles. The second-order valence-electron chi connectivity index (χ2n) is 8.32. The molecule has 0 saturated carbocycles. The third kappa shape index (κ3) is 27.4. The third-order valence-corrected chi connectivity index (χ3v) is 6.81. The molecule has 0 amide bonds. The molecule has 3 aliphatic heterocycles. The zero-order chi connectivity index (χ0) is 26.4. The standard InChI is InChI=1S/C12H19BrO2.C8H12O2.C4H8Br2.C4H8O/c13-9-5-2-1-3-6-10-14-12-8-4-7-11-15-12;1-2-6-9-8-5-3-4-7-10-8;5-3-1-2-4-6;1-2-4-5-3-1/h12H,1-2,4-5,7-11H2;1,8H,3-7H2;1-4H2;1-4H2. The van der Waals surface area contributed by atoms with Gasteiger partial charge < -0.3 is 23.7 Å². The summed E-state index contributed by atoms with van der Waals surface area (Å²) in [5.41, 5.74) is 0. The van der Waals surface area contributed by atoms with E-state index in [0.29, 0.717) is 13.2 Å². The van der Waals surface area contributed by atoms with Gasteiger partial charge in [-0.2, -0.15) is 0 Å². The van der Waals surface area contributed by atoms with E-state index in [1.807, 2.05) is 0 Å². The molecule has 8 heteroatoms. The molecule has 0 aromatic heterocycles. The Balaban J connectivity index is 0.000000499. The van der Waals surface area contributed by atoms with Crippen molar-refractivity contribution in [1.82, 2.24) is 0 Å². The number of ether oxygens (including phenoxy) is 5. The fourth-order valence-electron chi connectivity index (χ4n) is 3.11. The molecule has 0 radical (unpaired) electrons. The van der Waals surface area contributed by atoms with E-state index in [1.54, 1.807) is 0 Å². The van der Waals surface area contributed by atoms with Gasteiger partial charge in [-0.3, -0.25) is 0 Å². The molecular weight excluding hydrogens is 656 g/mol. The Morgan fingerprint density at radius 3 is 1.56 bits per heavy atom. The Bertz CT molecular complexity index is 520. The molecule has 5 nitrogen and oxygen atoms in total. The molecule has 3 fully saturated rings. The largest absolute Gasteiger partial charge is 0.381 e. The number of terminal acetylenes is 1. The van der Waals surface area contributed by atoms with Crippen LogP contribution in [0.1, 0.15) is 83.5 Å². The highest BCUT2D eigenvalue weighted by atomic mass is 79.9. The van der Waals surface area contributed by atoms with Crippen LogP contribution in [-0.2, 0) is 23.7 Å². The van der Waals surface area contributed by atoms with Gasteiger partial charge in [-0.15, -0.1) is 12.3 Å². The van der Waals surface area contributed by atoms with Gasteiger partial charge in [0.25, 0.3) is 0 Å². The molecule has 0 bridgehead atoms. The van der Waals surface area contributed by atoms with Crippen LogP contribution in [0.3, 0.4) is 0 Å². The van der Waals surface area contributed by atoms with Gasteiger partial charge in [0.2, 0.25) is 0 Å². The lowest BCUT2D eigenvalue weighted by atomic mass is 10.2. The summed E-state index contributed by atoms with van der Waals surface area (Å²) in [6, 6.07) is 0. The van der Waals surface area contributed by atoms with Crippen molar-refractivity contribution in [3.63, 3.8) is 0 Å². The first kappa shape index (κ1) is 36.4. The third-order valence-electron chi connectivity index (χ3n) is 5.12. The van der Waals surface area contributed by atoms with Crippen LogP contribution in [0.4, 0.5) is 0 Å². The molecule has 2 atom stereocenters. The normalized spacial score (nSPS) is 20.6. The number of halogens is 3. The number of rotatable bonds is 10. The van der Waals surface area contributed by atoms with Crippen molar-refractivity contribution >= 4 is 47.8 Å². The Morgan fingerprint density at radius 2 is 1.14 bits per heavy atom. The molecule has 210 valence electrons. The SMILES string of the molecule is BrCCCCBr.BrCCCCC#CCOC1CCCCO1.C#CCOC1CCCCO1.C1CCOC1. The maximum absolute atomic E-state index is 5.48. The highest BCUT2D eigenvalue weighted by Crippen LogP contribution is 2.13. The van der Waals surface area contributed by atoms with E-state index in [2.05, 4.69) is 65.6 Å². The highest BCUT2D eigenvalue weighted by Gasteiger charge is 2.13. The topological polar surface area (TPSA) is 46.2 Å². The number of unbranched alkanes of at least 4 members (excludes halogenated alkanes) is 3. The summed E-state index contributed by atoms with van der Waals surface area (Å²) in [7, 11) is 0. The van der Waals surface area contributed by atoms with Crippen LogP contribution in [0.25, 0.3) is 0 Å². The molecule has 0 N–H and O–H groups in total. The smallest absolute Gasteiger partial charge is 0.158 e. The first-order valence-electron chi connectivity index (χ1n) is 13.4. The van der Waals surface area contributed by atoms with Crippen molar-refractivity contribution in [2.24, 2.45) is 0 Å². The second-order valence-corrected chi connectivity index (χ2v) is 10.7. The number of hydrogen-bond donors (Lipinski definition) is 0. The van der Waals surface area contributed by atoms with Gasteiger partial charge in [-0.05, 0) is 77.0 Å². The number of alkyl halides is 3. The molecule has 36 heavy (non-hydrogen) atoms. The Hall–Kier alpha value is 0.360. The lowest BCUT2D eigenvalue weighted by molar-refractivity contribution is -0.154. The summed E-state index contributed by atoms with van der Waals surface area (Å²) >= 11 is 10.1. The monoisotopic (exact) mass is 700 g/mol. The van der Waals surface area contributed by atoms with E-state index in [1.165, 1.54) is 44.9 Å². The van der Waals surface area contributed by atoms with Crippen LogP contribution >= 0.6 is 47.8 Å². The number of hydrogen-bond acceptors (Lipinski definition) is 5. The molecule has 3 rings (SSSR count). The van der Waals surface area contributed by atoms with Gasteiger partial charge in [0.1, 0.15) is 13.2 Å². The fraction of sp³-hybridized carbons (Fsp3) is 0.857. The summed E-state index contributed by atoms with van der Waals surface area (Å²) in [6.07, 6.45) is 20.2. The lowest BCUT2D eigenvalue weighted by Gasteiger charge is -2.21. The minimum absolute atomic E-state index is 0.00408. The predicted molar refractivity (Wildman–Crippen MR) is 160 cm³/mol. The van der Waals surface area contributed by atoms with Crippen LogP contribution in [0.2, 0.25) is 0 Å². The van der Waals surface area contributed by atoms with E-state index in [-0.39, 0.29) is 12.6 Å². The predicted octanol–water partition coefficient (Wildman–Crippen LogP) is 7.61. The average Bonchev–Trinajstić information content (AvgIpc) is 3.53. The molecular formula is C28H47Br3O5. The Labute approximate surface area is 246 Å². The van der Waals surface area contributed by atoms with E-state index >= 15 is 0 Å². The minimum Gasteiger partial charge on any atom is -0.381 e. The maximum Gasteiger partial charge on any atom is 0.158 e. The Kier molecular flexibility index (Phi) is 31.9. The van der Waals surface area contributed by atoms with Crippen molar-refractivity contribution in [3.8, 4) is 24.2 Å². The average molecular weight is 703 g/mol. The highest BCUT2D eigenvalue weighted by molar-refractivity contribution is 9.09. The zero-order valence-electron chi connectivity index (χ0n) is 22.0. The summed E-state index contributed by atoms with van der Waals surface area (Å²) in [4.78, 5) is 0.